The normalized spacial score (nSPS) is 16.6. The van der Waals surface area contributed by atoms with Gasteiger partial charge >= 0.3 is 0 Å². The van der Waals surface area contributed by atoms with E-state index in [1.165, 1.54) is 12.1 Å². The number of nitrogens with one attached hydrogen (secondary N) is 2. The number of nitrogens with zero attached hydrogens (tertiary/aromatic N) is 2. The number of halogens is 1. The molecule has 1 aromatic carbocycles. The molecule has 3 rings (SSSR count). The van der Waals surface area contributed by atoms with Crippen LogP contribution in [0.1, 0.15) is 28.9 Å². The number of anilines is 1. The van der Waals surface area contributed by atoms with Crippen molar-refractivity contribution in [3.8, 4) is 0 Å². The Labute approximate surface area is 145 Å². The maximum atomic E-state index is 12.9. The Kier molecular flexibility index (Phi) is 5.90. The van der Waals surface area contributed by atoms with Crippen LogP contribution in [0, 0.1) is 5.82 Å². The molecule has 0 bridgehead atoms. The molecule has 1 aliphatic rings. The van der Waals surface area contributed by atoms with Crippen LogP contribution in [0.2, 0.25) is 0 Å². The zero-order valence-electron chi connectivity index (χ0n) is 13.9. The molecule has 7 heteroatoms. The van der Waals surface area contributed by atoms with Gasteiger partial charge < -0.3 is 15.4 Å². The Morgan fingerprint density at radius 2 is 2.12 bits per heavy atom. The first kappa shape index (κ1) is 17.3. The van der Waals surface area contributed by atoms with Crippen molar-refractivity contribution in [2.24, 2.45) is 0 Å². The molecule has 6 nitrogen and oxygen atoms in total. The molecule has 1 aliphatic heterocycles. The molecule has 0 saturated carbocycles. The zero-order valence-corrected chi connectivity index (χ0v) is 13.9. The van der Waals surface area contributed by atoms with E-state index in [0.29, 0.717) is 31.2 Å². The minimum absolute atomic E-state index is 0.0964. The van der Waals surface area contributed by atoms with Gasteiger partial charge in [-0.15, -0.1) is 0 Å². The summed E-state index contributed by atoms with van der Waals surface area (Å²) in [5.74, 6) is -0.0897. The highest BCUT2D eigenvalue weighted by atomic mass is 19.1. The first-order valence-corrected chi connectivity index (χ1v) is 8.42. The summed E-state index contributed by atoms with van der Waals surface area (Å²) in [6.45, 7) is 1.85. The van der Waals surface area contributed by atoms with E-state index in [2.05, 4.69) is 20.6 Å². The van der Waals surface area contributed by atoms with Crippen molar-refractivity contribution in [3.05, 3.63) is 53.6 Å². The standard InChI is InChI=1S/C18H21FN4O2/c19-14-5-3-13(4-6-14)7-9-20-18-21-10-8-16(23-18)17(24)22-12-15-2-1-11-25-15/h3-6,8,10,15H,1-2,7,9,11-12H2,(H,22,24)(H,20,21,23). The third kappa shape index (κ3) is 5.22. The van der Waals surface area contributed by atoms with Gasteiger partial charge in [0.1, 0.15) is 11.5 Å². The first-order valence-electron chi connectivity index (χ1n) is 8.42. The summed E-state index contributed by atoms with van der Waals surface area (Å²) in [5.41, 5.74) is 1.33. The molecule has 25 heavy (non-hydrogen) atoms. The Balaban J connectivity index is 1.48. The number of amides is 1. The molecule has 0 spiro atoms. The Bertz CT molecular complexity index is 702. The van der Waals surface area contributed by atoms with Gasteiger partial charge in [0.15, 0.2) is 0 Å². The van der Waals surface area contributed by atoms with E-state index in [4.69, 9.17) is 4.74 Å². The van der Waals surface area contributed by atoms with Crippen LogP contribution < -0.4 is 10.6 Å². The number of aromatic nitrogens is 2. The van der Waals surface area contributed by atoms with E-state index in [1.54, 1.807) is 24.4 Å². The lowest BCUT2D eigenvalue weighted by Crippen LogP contribution is -2.32. The fraction of sp³-hybridized carbons (Fsp3) is 0.389. The van der Waals surface area contributed by atoms with E-state index >= 15 is 0 Å². The Morgan fingerprint density at radius 1 is 1.28 bits per heavy atom. The highest BCUT2D eigenvalue weighted by molar-refractivity contribution is 5.92. The molecule has 2 heterocycles. The van der Waals surface area contributed by atoms with Crippen molar-refractivity contribution in [2.75, 3.05) is 25.0 Å². The monoisotopic (exact) mass is 344 g/mol. The first-order chi connectivity index (χ1) is 12.2. The molecule has 1 unspecified atom stereocenters. The van der Waals surface area contributed by atoms with Gasteiger partial charge in [-0.05, 0) is 43.0 Å². The summed E-state index contributed by atoms with van der Waals surface area (Å²) in [6, 6.07) is 7.94. The molecule has 1 saturated heterocycles. The molecule has 1 atom stereocenters. The predicted molar refractivity (Wildman–Crippen MR) is 91.9 cm³/mol. The highest BCUT2D eigenvalue weighted by Gasteiger charge is 2.17. The van der Waals surface area contributed by atoms with Gasteiger partial charge in [0, 0.05) is 25.9 Å². The van der Waals surface area contributed by atoms with Gasteiger partial charge in [-0.25, -0.2) is 14.4 Å². The largest absolute Gasteiger partial charge is 0.376 e. The number of hydrogen-bond acceptors (Lipinski definition) is 5. The average molecular weight is 344 g/mol. The van der Waals surface area contributed by atoms with Crippen LogP contribution >= 0.6 is 0 Å². The van der Waals surface area contributed by atoms with Crippen LogP contribution in [0.15, 0.2) is 36.5 Å². The number of benzene rings is 1. The van der Waals surface area contributed by atoms with Gasteiger partial charge in [0.05, 0.1) is 6.10 Å². The van der Waals surface area contributed by atoms with Crippen LogP contribution in [-0.4, -0.2) is 41.7 Å². The predicted octanol–water partition coefficient (Wildman–Crippen LogP) is 2.18. The summed E-state index contributed by atoms with van der Waals surface area (Å²) >= 11 is 0. The summed E-state index contributed by atoms with van der Waals surface area (Å²) in [6.07, 6.45) is 4.36. The molecule has 1 aromatic heterocycles. The second kappa shape index (κ2) is 8.53. The molecule has 0 aliphatic carbocycles. The molecule has 132 valence electrons. The third-order valence-electron chi connectivity index (χ3n) is 4.01. The number of ether oxygens (including phenoxy) is 1. The number of carbonyl (C=O) groups excluding carboxylic acids is 1. The second-order valence-corrected chi connectivity index (χ2v) is 5.91. The molecular weight excluding hydrogens is 323 g/mol. The summed E-state index contributed by atoms with van der Waals surface area (Å²) in [4.78, 5) is 20.5. The lowest BCUT2D eigenvalue weighted by atomic mass is 10.1. The quantitative estimate of drug-likeness (QED) is 0.805. The fourth-order valence-electron chi connectivity index (χ4n) is 2.64. The number of carbonyl (C=O) groups is 1. The maximum Gasteiger partial charge on any atom is 0.270 e. The van der Waals surface area contributed by atoms with Gasteiger partial charge in [0.25, 0.3) is 5.91 Å². The second-order valence-electron chi connectivity index (χ2n) is 5.91. The minimum atomic E-state index is -0.248. The molecule has 1 amide bonds. The lowest BCUT2D eigenvalue weighted by Gasteiger charge is -2.11. The molecule has 1 fully saturated rings. The van der Waals surface area contributed by atoms with E-state index in [1.807, 2.05) is 0 Å². The van der Waals surface area contributed by atoms with Crippen LogP contribution in [0.4, 0.5) is 10.3 Å². The van der Waals surface area contributed by atoms with E-state index < -0.39 is 0 Å². The van der Waals surface area contributed by atoms with Gasteiger partial charge in [-0.2, -0.15) is 0 Å². The number of hydrogen-bond donors (Lipinski definition) is 2. The average Bonchev–Trinajstić information content (AvgIpc) is 3.15. The van der Waals surface area contributed by atoms with Crippen LogP contribution in [-0.2, 0) is 11.2 Å². The van der Waals surface area contributed by atoms with Crippen molar-refractivity contribution < 1.29 is 13.9 Å². The van der Waals surface area contributed by atoms with Crippen molar-refractivity contribution in [2.45, 2.75) is 25.4 Å². The zero-order chi connectivity index (χ0) is 17.5. The molecule has 0 radical (unpaired) electrons. The van der Waals surface area contributed by atoms with Crippen molar-refractivity contribution >= 4 is 11.9 Å². The smallest absolute Gasteiger partial charge is 0.270 e. The molecule has 2 N–H and O–H groups in total. The van der Waals surface area contributed by atoms with Gasteiger partial charge in [-0.1, -0.05) is 12.1 Å². The SMILES string of the molecule is O=C(NCC1CCCO1)c1ccnc(NCCc2ccc(F)cc2)n1. The summed E-state index contributed by atoms with van der Waals surface area (Å²) in [7, 11) is 0. The van der Waals surface area contributed by atoms with Crippen LogP contribution in [0.3, 0.4) is 0 Å². The maximum absolute atomic E-state index is 12.9. The number of rotatable bonds is 7. The van der Waals surface area contributed by atoms with Crippen molar-refractivity contribution in [1.29, 1.82) is 0 Å². The highest BCUT2D eigenvalue weighted by Crippen LogP contribution is 2.11. The topological polar surface area (TPSA) is 76.1 Å². The van der Waals surface area contributed by atoms with E-state index in [-0.39, 0.29) is 17.8 Å². The fourth-order valence-corrected chi connectivity index (χ4v) is 2.64. The molecular formula is C18H21FN4O2. The third-order valence-corrected chi connectivity index (χ3v) is 4.01. The van der Waals surface area contributed by atoms with E-state index in [9.17, 15) is 9.18 Å². The van der Waals surface area contributed by atoms with Crippen LogP contribution in [0.5, 0.6) is 0 Å². The Hall–Kier alpha value is -2.54. The summed E-state index contributed by atoms with van der Waals surface area (Å²) < 4.78 is 18.4. The van der Waals surface area contributed by atoms with Gasteiger partial charge in [-0.3, -0.25) is 4.79 Å². The van der Waals surface area contributed by atoms with Crippen LogP contribution in [0.25, 0.3) is 0 Å². The lowest BCUT2D eigenvalue weighted by molar-refractivity contribution is 0.0853. The van der Waals surface area contributed by atoms with Crippen molar-refractivity contribution in [1.82, 2.24) is 15.3 Å². The Morgan fingerprint density at radius 3 is 2.88 bits per heavy atom. The minimum Gasteiger partial charge on any atom is -0.376 e. The van der Waals surface area contributed by atoms with E-state index in [0.717, 1.165) is 25.0 Å². The van der Waals surface area contributed by atoms with Crippen molar-refractivity contribution in [3.63, 3.8) is 0 Å². The molecule has 2 aromatic rings. The van der Waals surface area contributed by atoms with Gasteiger partial charge in [0.2, 0.25) is 5.95 Å². The summed E-state index contributed by atoms with van der Waals surface area (Å²) in [5, 5.41) is 5.92.